The van der Waals surface area contributed by atoms with E-state index in [0.717, 1.165) is 24.8 Å². The fraction of sp³-hybridized carbons (Fsp3) is 0.500. The smallest absolute Gasteiger partial charge is 0.220 e. The first-order chi connectivity index (χ1) is 9.28. The molecule has 0 unspecified atom stereocenters. The zero-order valence-corrected chi connectivity index (χ0v) is 11.2. The van der Waals surface area contributed by atoms with E-state index in [-0.39, 0.29) is 5.91 Å². The van der Waals surface area contributed by atoms with E-state index in [4.69, 9.17) is 5.26 Å². The Labute approximate surface area is 114 Å². The molecule has 1 aliphatic rings. The van der Waals surface area contributed by atoms with Crippen molar-refractivity contribution in [1.29, 1.82) is 5.26 Å². The molecule has 1 saturated carbocycles. The van der Waals surface area contributed by atoms with Gasteiger partial charge < -0.3 is 5.32 Å². The third-order valence-electron chi connectivity index (χ3n) is 3.69. The molecule has 100 valence electrons. The fourth-order valence-electron chi connectivity index (χ4n) is 2.55. The molecule has 1 N–H and O–H groups in total. The van der Waals surface area contributed by atoms with Crippen molar-refractivity contribution in [3.8, 4) is 6.07 Å². The van der Waals surface area contributed by atoms with Crippen LogP contribution in [0.15, 0.2) is 24.3 Å². The summed E-state index contributed by atoms with van der Waals surface area (Å²) in [5, 5.41) is 11.8. The van der Waals surface area contributed by atoms with Gasteiger partial charge in [-0.25, -0.2) is 0 Å². The van der Waals surface area contributed by atoms with E-state index >= 15 is 0 Å². The summed E-state index contributed by atoms with van der Waals surface area (Å²) < 4.78 is 0. The van der Waals surface area contributed by atoms with Gasteiger partial charge in [0.15, 0.2) is 0 Å². The zero-order valence-electron chi connectivity index (χ0n) is 11.2. The van der Waals surface area contributed by atoms with Crippen LogP contribution in [0.4, 0.5) is 0 Å². The highest BCUT2D eigenvalue weighted by molar-refractivity contribution is 5.76. The molecule has 1 fully saturated rings. The molecule has 2 rings (SSSR count). The second-order valence-corrected chi connectivity index (χ2v) is 5.21. The van der Waals surface area contributed by atoms with Crippen molar-refractivity contribution in [1.82, 2.24) is 5.32 Å². The van der Waals surface area contributed by atoms with Gasteiger partial charge in [0.2, 0.25) is 5.91 Å². The second-order valence-electron chi connectivity index (χ2n) is 5.21. The van der Waals surface area contributed by atoms with E-state index in [9.17, 15) is 4.79 Å². The molecule has 0 saturated heterocycles. The number of aryl methyl sites for hydroxylation is 1. The number of nitriles is 1. The van der Waals surface area contributed by atoms with Crippen LogP contribution >= 0.6 is 0 Å². The first-order valence-electron chi connectivity index (χ1n) is 7.06. The largest absolute Gasteiger partial charge is 0.353 e. The van der Waals surface area contributed by atoms with Crippen molar-refractivity contribution >= 4 is 5.91 Å². The number of nitrogens with one attached hydrogen (secondary N) is 1. The van der Waals surface area contributed by atoms with Crippen LogP contribution in [0.1, 0.15) is 49.7 Å². The number of amides is 1. The maximum absolute atomic E-state index is 11.8. The first kappa shape index (κ1) is 13.6. The summed E-state index contributed by atoms with van der Waals surface area (Å²) in [5.74, 6) is 0.149. The summed E-state index contributed by atoms with van der Waals surface area (Å²) in [6, 6.07) is 9.93. The van der Waals surface area contributed by atoms with Crippen LogP contribution in [0.2, 0.25) is 0 Å². The summed E-state index contributed by atoms with van der Waals surface area (Å²) in [5.41, 5.74) is 1.77. The molecule has 0 spiro atoms. The van der Waals surface area contributed by atoms with Crippen molar-refractivity contribution in [3.05, 3.63) is 35.4 Å². The van der Waals surface area contributed by atoms with E-state index in [1.165, 1.54) is 19.3 Å². The van der Waals surface area contributed by atoms with Crippen molar-refractivity contribution < 1.29 is 4.79 Å². The standard InChI is InChI=1S/C16H20N2O/c17-12-14-8-6-13(7-9-14)10-11-16(19)18-15-4-2-1-3-5-15/h6-9,15H,1-5,10-11H2,(H,18,19). The van der Waals surface area contributed by atoms with Crippen molar-refractivity contribution in [2.75, 3.05) is 0 Å². The normalized spacial score (nSPS) is 15.7. The van der Waals surface area contributed by atoms with Crippen LogP contribution in [0.3, 0.4) is 0 Å². The SMILES string of the molecule is N#Cc1ccc(CCC(=O)NC2CCCCC2)cc1. The average Bonchev–Trinajstić information content (AvgIpc) is 2.47. The molecule has 0 bridgehead atoms. The molecule has 1 aromatic carbocycles. The minimum Gasteiger partial charge on any atom is -0.353 e. The fourth-order valence-corrected chi connectivity index (χ4v) is 2.55. The van der Waals surface area contributed by atoms with Crippen LogP contribution in [0.5, 0.6) is 0 Å². The minimum atomic E-state index is 0.149. The lowest BCUT2D eigenvalue weighted by molar-refractivity contribution is -0.121. The molecule has 0 radical (unpaired) electrons. The Balaban J connectivity index is 1.74. The molecule has 19 heavy (non-hydrogen) atoms. The third-order valence-corrected chi connectivity index (χ3v) is 3.69. The van der Waals surface area contributed by atoms with E-state index in [0.29, 0.717) is 18.0 Å². The molecular formula is C16H20N2O. The summed E-state index contributed by atoms with van der Waals surface area (Å²) >= 11 is 0. The number of rotatable bonds is 4. The summed E-state index contributed by atoms with van der Waals surface area (Å²) in [6.07, 6.45) is 7.30. The van der Waals surface area contributed by atoms with Gasteiger partial charge >= 0.3 is 0 Å². The van der Waals surface area contributed by atoms with Crippen LogP contribution in [0.25, 0.3) is 0 Å². The van der Waals surface area contributed by atoms with E-state index in [1.807, 2.05) is 12.1 Å². The van der Waals surface area contributed by atoms with Gasteiger partial charge in [-0.3, -0.25) is 4.79 Å². The van der Waals surface area contributed by atoms with Crippen LogP contribution in [-0.4, -0.2) is 11.9 Å². The molecule has 1 amide bonds. The zero-order chi connectivity index (χ0) is 13.5. The Morgan fingerprint density at radius 2 is 1.89 bits per heavy atom. The molecule has 1 aliphatic carbocycles. The van der Waals surface area contributed by atoms with Crippen molar-refractivity contribution in [2.24, 2.45) is 0 Å². The van der Waals surface area contributed by atoms with Gasteiger partial charge in [0.1, 0.15) is 0 Å². The molecule has 0 aromatic heterocycles. The summed E-state index contributed by atoms with van der Waals surface area (Å²) in [6.45, 7) is 0. The molecule has 0 heterocycles. The lowest BCUT2D eigenvalue weighted by Gasteiger charge is -2.22. The van der Waals surface area contributed by atoms with E-state index in [2.05, 4.69) is 11.4 Å². The molecular weight excluding hydrogens is 236 g/mol. The van der Waals surface area contributed by atoms with E-state index < -0.39 is 0 Å². The summed E-state index contributed by atoms with van der Waals surface area (Å²) in [7, 11) is 0. The average molecular weight is 256 g/mol. The minimum absolute atomic E-state index is 0.149. The van der Waals surface area contributed by atoms with Gasteiger partial charge in [0.05, 0.1) is 11.6 Å². The molecule has 3 heteroatoms. The van der Waals surface area contributed by atoms with Crippen LogP contribution < -0.4 is 5.32 Å². The van der Waals surface area contributed by atoms with Crippen LogP contribution in [0, 0.1) is 11.3 Å². The predicted molar refractivity (Wildman–Crippen MR) is 74.5 cm³/mol. The molecule has 0 atom stereocenters. The van der Waals surface area contributed by atoms with Crippen molar-refractivity contribution in [3.63, 3.8) is 0 Å². The summed E-state index contributed by atoms with van der Waals surface area (Å²) in [4.78, 5) is 11.8. The molecule has 0 aliphatic heterocycles. The molecule has 1 aromatic rings. The highest BCUT2D eigenvalue weighted by Gasteiger charge is 2.15. The predicted octanol–water partition coefficient (Wildman–Crippen LogP) is 2.94. The number of hydrogen-bond donors (Lipinski definition) is 1. The Bertz CT molecular complexity index is 453. The topological polar surface area (TPSA) is 52.9 Å². The maximum Gasteiger partial charge on any atom is 0.220 e. The van der Waals surface area contributed by atoms with Crippen molar-refractivity contribution in [2.45, 2.75) is 51.0 Å². The third kappa shape index (κ3) is 4.40. The van der Waals surface area contributed by atoms with Gasteiger partial charge in [-0.15, -0.1) is 0 Å². The Kier molecular flexibility index (Phi) is 4.97. The Morgan fingerprint density at radius 3 is 2.53 bits per heavy atom. The monoisotopic (exact) mass is 256 g/mol. The van der Waals surface area contributed by atoms with E-state index in [1.54, 1.807) is 12.1 Å². The Morgan fingerprint density at radius 1 is 1.21 bits per heavy atom. The van der Waals surface area contributed by atoms with Gasteiger partial charge in [-0.05, 0) is 37.0 Å². The van der Waals surface area contributed by atoms with Crippen LogP contribution in [-0.2, 0) is 11.2 Å². The number of benzene rings is 1. The highest BCUT2D eigenvalue weighted by Crippen LogP contribution is 2.17. The van der Waals surface area contributed by atoms with Gasteiger partial charge in [-0.2, -0.15) is 5.26 Å². The number of carbonyl (C=O) groups excluding carboxylic acids is 1. The number of hydrogen-bond acceptors (Lipinski definition) is 2. The number of nitrogens with zero attached hydrogens (tertiary/aromatic N) is 1. The molecule has 3 nitrogen and oxygen atoms in total. The lowest BCUT2D eigenvalue weighted by Crippen LogP contribution is -2.36. The maximum atomic E-state index is 11.8. The van der Waals surface area contributed by atoms with Gasteiger partial charge in [-0.1, -0.05) is 31.4 Å². The quantitative estimate of drug-likeness (QED) is 0.900. The lowest BCUT2D eigenvalue weighted by atomic mass is 9.95. The Hall–Kier alpha value is -1.82. The van der Waals surface area contributed by atoms with Gasteiger partial charge in [0, 0.05) is 12.5 Å². The number of carbonyl (C=O) groups is 1. The highest BCUT2D eigenvalue weighted by atomic mass is 16.1. The van der Waals surface area contributed by atoms with Gasteiger partial charge in [0.25, 0.3) is 0 Å². The second kappa shape index (κ2) is 6.94. The first-order valence-corrected chi connectivity index (χ1v) is 7.06.